The summed E-state index contributed by atoms with van der Waals surface area (Å²) in [4.78, 5) is 15.0. The number of carbonyl (C=O) groups excluding carboxylic acids is 1. The van der Waals surface area contributed by atoms with Crippen LogP contribution in [0.2, 0.25) is 0 Å². The van der Waals surface area contributed by atoms with E-state index in [9.17, 15) is 4.79 Å². The second-order valence-corrected chi connectivity index (χ2v) is 6.48. The Kier molecular flexibility index (Phi) is 3.04. The van der Waals surface area contributed by atoms with Crippen molar-refractivity contribution in [2.45, 2.75) is 19.4 Å². The third-order valence-corrected chi connectivity index (χ3v) is 5.02. The fraction of sp³-hybridized carbons (Fsp3) is 0.412. The number of carbonyl (C=O) groups is 1. The molecule has 1 fully saturated rings. The number of hydrogen-bond acceptors (Lipinski definition) is 3. The second kappa shape index (κ2) is 4.95. The molecule has 4 rings (SSSR count). The first kappa shape index (κ1) is 13.5. The van der Waals surface area contributed by atoms with Gasteiger partial charge in [-0.2, -0.15) is 5.10 Å². The Labute approximate surface area is 129 Å². The van der Waals surface area contributed by atoms with Crippen molar-refractivity contribution in [3.63, 3.8) is 0 Å². The summed E-state index contributed by atoms with van der Waals surface area (Å²) in [6.07, 6.45) is 3.59. The van der Waals surface area contributed by atoms with Crippen LogP contribution in [0.3, 0.4) is 0 Å². The van der Waals surface area contributed by atoms with Gasteiger partial charge in [0.05, 0.1) is 11.1 Å². The summed E-state index contributed by atoms with van der Waals surface area (Å²) in [5.74, 6) is 0.179. The van der Waals surface area contributed by atoms with Gasteiger partial charge in [0.25, 0.3) is 0 Å². The number of amides is 1. The molecule has 0 bridgehead atoms. The lowest BCUT2D eigenvalue weighted by Crippen LogP contribution is -2.43. The standard InChI is InChI=1S/C17H20N4O/c1-20-14(6-8-18-20)11-21-9-7-17(12-21)10-13-4-2-3-5-15(13)19-16(17)22/h2-6,8H,7,9-12H2,1H3,(H,19,22). The number of rotatable bonds is 2. The van der Waals surface area contributed by atoms with E-state index in [-0.39, 0.29) is 11.3 Å². The van der Waals surface area contributed by atoms with Crippen LogP contribution in [-0.2, 0) is 24.8 Å². The summed E-state index contributed by atoms with van der Waals surface area (Å²) >= 11 is 0. The first-order valence-electron chi connectivity index (χ1n) is 7.75. The monoisotopic (exact) mass is 296 g/mol. The van der Waals surface area contributed by atoms with Gasteiger partial charge < -0.3 is 5.32 Å². The molecular formula is C17H20N4O. The van der Waals surface area contributed by atoms with E-state index in [2.05, 4.69) is 21.4 Å². The van der Waals surface area contributed by atoms with E-state index in [1.54, 1.807) is 0 Å². The summed E-state index contributed by atoms with van der Waals surface area (Å²) in [5.41, 5.74) is 3.15. The molecular weight excluding hydrogens is 276 g/mol. The molecule has 0 aliphatic carbocycles. The highest BCUT2D eigenvalue weighted by Crippen LogP contribution is 2.40. The number of nitrogens with one attached hydrogen (secondary N) is 1. The van der Waals surface area contributed by atoms with Crippen LogP contribution >= 0.6 is 0 Å². The van der Waals surface area contributed by atoms with Crippen molar-refractivity contribution < 1.29 is 4.79 Å². The van der Waals surface area contributed by atoms with Crippen LogP contribution < -0.4 is 5.32 Å². The maximum absolute atomic E-state index is 12.6. The molecule has 1 N–H and O–H groups in total. The fourth-order valence-electron chi connectivity index (χ4n) is 3.70. The summed E-state index contributed by atoms with van der Waals surface area (Å²) < 4.78 is 1.90. The minimum absolute atomic E-state index is 0.179. The molecule has 2 aliphatic rings. The van der Waals surface area contributed by atoms with E-state index >= 15 is 0 Å². The van der Waals surface area contributed by atoms with Gasteiger partial charge in [0.1, 0.15) is 0 Å². The lowest BCUT2D eigenvalue weighted by Gasteiger charge is -2.33. The van der Waals surface area contributed by atoms with E-state index in [0.29, 0.717) is 0 Å². The van der Waals surface area contributed by atoms with Crippen LogP contribution in [0.15, 0.2) is 36.5 Å². The minimum Gasteiger partial charge on any atom is -0.325 e. The lowest BCUT2D eigenvalue weighted by molar-refractivity contribution is -0.125. The van der Waals surface area contributed by atoms with Crippen molar-refractivity contribution >= 4 is 11.6 Å². The van der Waals surface area contributed by atoms with Gasteiger partial charge in [-0.05, 0) is 37.1 Å². The third-order valence-electron chi connectivity index (χ3n) is 5.02. The Morgan fingerprint density at radius 1 is 1.32 bits per heavy atom. The molecule has 5 nitrogen and oxygen atoms in total. The maximum atomic E-state index is 12.6. The molecule has 22 heavy (non-hydrogen) atoms. The van der Waals surface area contributed by atoms with Crippen molar-refractivity contribution in [2.24, 2.45) is 12.5 Å². The normalized spacial score (nSPS) is 24.5. The van der Waals surface area contributed by atoms with Gasteiger partial charge in [-0.1, -0.05) is 18.2 Å². The van der Waals surface area contributed by atoms with Gasteiger partial charge in [0.15, 0.2) is 0 Å². The number of anilines is 1. The van der Waals surface area contributed by atoms with Crippen LogP contribution in [-0.4, -0.2) is 33.7 Å². The number of likely N-dealkylation sites (tertiary alicyclic amines) is 1. The van der Waals surface area contributed by atoms with Crippen molar-refractivity contribution in [2.75, 3.05) is 18.4 Å². The van der Waals surface area contributed by atoms with Crippen LogP contribution in [0, 0.1) is 5.41 Å². The van der Waals surface area contributed by atoms with E-state index in [1.165, 1.54) is 11.3 Å². The van der Waals surface area contributed by atoms with Crippen molar-refractivity contribution in [3.05, 3.63) is 47.8 Å². The molecule has 1 saturated heterocycles. The number of aromatic nitrogens is 2. The number of nitrogens with zero attached hydrogens (tertiary/aromatic N) is 3. The first-order chi connectivity index (χ1) is 10.7. The highest BCUT2D eigenvalue weighted by Gasteiger charge is 2.47. The van der Waals surface area contributed by atoms with E-state index in [4.69, 9.17) is 0 Å². The van der Waals surface area contributed by atoms with E-state index < -0.39 is 0 Å². The number of hydrogen-bond donors (Lipinski definition) is 1. The summed E-state index contributed by atoms with van der Waals surface area (Å²) in [6, 6.07) is 10.2. The van der Waals surface area contributed by atoms with E-state index in [0.717, 1.165) is 38.2 Å². The Morgan fingerprint density at radius 3 is 3.00 bits per heavy atom. The van der Waals surface area contributed by atoms with Crippen LogP contribution in [0.25, 0.3) is 0 Å². The molecule has 5 heteroatoms. The molecule has 114 valence electrons. The molecule has 1 aromatic carbocycles. The van der Waals surface area contributed by atoms with Crippen molar-refractivity contribution in [1.29, 1.82) is 0 Å². The topological polar surface area (TPSA) is 50.2 Å². The highest BCUT2D eigenvalue weighted by molar-refractivity contribution is 5.98. The molecule has 3 heterocycles. The Morgan fingerprint density at radius 2 is 2.18 bits per heavy atom. The maximum Gasteiger partial charge on any atom is 0.232 e. The molecule has 0 radical (unpaired) electrons. The predicted octanol–water partition coefficient (Wildman–Crippen LogP) is 1.81. The van der Waals surface area contributed by atoms with Crippen molar-refractivity contribution in [1.82, 2.24) is 14.7 Å². The van der Waals surface area contributed by atoms with Gasteiger partial charge in [-0.15, -0.1) is 0 Å². The number of aryl methyl sites for hydroxylation is 1. The lowest BCUT2D eigenvalue weighted by atomic mass is 9.77. The van der Waals surface area contributed by atoms with E-state index in [1.807, 2.05) is 42.2 Å². The number of para-hydroxylation sites is 1. The molecule has 1 aromatic heterocycles. The van der Waals surface area contributed by atoms with Gasteiger partial charge >= 0.3 is 0 Å². The van der Waals surface area contributed by atoms with Gasteiger partial charge in [0, 0.05) is 32.0 Å². The molecule has 0 saturated carbocycles. The van der Waals surface area contributed by atoms with Crippen molar-refractivity contribution in [3.8, 4) is 0 Å². The van der Waals surface area contributed by atoms with Gasteiger partial charge in [-0.25, -0.2) is 0 Å². The average Bonchev–Trinajstić information content (AvgIpc) is 3.09. The fourth-order valence-corrected chi connectivity index (χ4v) is 3.70. The minimum atomic E-state index is -0.271. The predicted molar refractivity (Wildman–Crippen MR) is 84.3 cm³/mol. The van der Waals surface area contributed by atoms with Crippen LogP contribution in [0.4, 0.5) is 5.69 Å². The Balaban J connectivity index is 1.54. The third kappa shape index (κ3) is 2.13. The van der Waals surface area contributed by atoms with Crippen LogP contribution in [0.5, 0.6) is 0 Å². The molecule has 1 amide bonds. The molecule has 1 atom stereocenters. The molecule has 2 aromatic rings. The summed E-state index contributed by atoms with van der Waals surface area (Å²) in [7, 11) is 1.96. The molecule has 2 aliphatic heterocycles. The Hall–Kier alpha value is -2.14. The zero-order valence-corrected chi connectivity index (χ0v) is 12.7. The van der Waals surface area contributed by atoms with Crippen LogP contribution in [0.1, 0.15) is 17.7 Å². The second-order valence-electron chi connectivity index (χ2n) is 6.48. The zero-order valence-electron chi connectivity index (χ0n) is 12.7. The molecule has 1 spiro atoms. The smallest absolute Gasteiger partial charge is 0.232 e. The average molecular weight is 296 g/mol. The summed E-state index contributed by atoms with van der Waals surface area (Å²) in [5, 5.41) is 7.32. The largest absolute Gasteiger partial charge is 0.325 e. The quantitative estimate of drug-likeness (QED) is 0.919. The Bertz CT molecular complexity index is 723. The zero-order chi connectivity index (χ0) is 15.2. The first-order valence-corrected chi connectivity index (χ1v) is 7.75. The summed E-state index contributed by atoms with van der Waals surface area (Å²) in [6.45, 7) is 2.63. The molecule has 1 unspecified atom stereocenters. The number of benzene rings is 1. The van der Waals surface area contributed by atoms with Gasteiger partial charge in [-0.3, -0.25) is 14.4 Å². The SMILES string of the molecule is Cn1nccc1CN1CCC2(Cc3ccccc3NC2=O)C1. The highest BCUT2D eigenvalue weighted by atomic mass is 16.2. The number of fused-ring (bicyclic) bond motifs is 1. The van der Waals surface area contributed by atoms with Gasteiger partial charge in [0.2, 0.25) is 5.91 Å².